The Bertz CT molecular complexity index is 1250. The van der Waals surface area contributed by atoms with E-state index >= 15 is 0 Å². The van der Waals surface area contributed by atoms with Gasteiger partial charge in [0.2, 0.25) is 0 Å². The van der Waals surface area contributed by atoms with E-state index in [4.69, 9.17) is 27.9 Å². The Hall–Kier alpha value is -3.68. The fourth-order valence-corrected chi connectivity index (χ4v) is 3.53. The molecule has 0 saturated heterocycles. The minimum atomic E-state index is -0.835. The van der Waals surface area contributed by atoms with E-state index in [1.807, 2.05) is 60.7 Å². The van der Waals surface area contributed by atoms with Gasteiger partial charge in [0.15, 0.2) is 12.4 Å². The second-order valence-electron chi connectivity index (χ2n) is 7.05. The number of carbonyl (C=O) groups excluding carboxylic acids is 2. The number of amides is 1. The zero-order valence-electron chi connectivity index (χ0n) is 17.5. The zero-order valence-corrected chi connectivity index (χ0v) is 19.0. The molecule has 0 aliphatic carbocycles. The van der Waals surface area contributed by atoms with Crippen molar-refractivity contribution in [2.75, 3.05) is 11.9 Å². The minimum absolute atomic E-state index is 0.169. The number of nitrogens with one attached hydrogen (secondary N) is 1. The number of carbonyl (C=O) groups is 2. The zero-order chi connectivity index (χ0) is 23.4. The maximum atomic E-state index is 12.6. The van der Waals surface area contributed by atoms with Crippen LogP contribution in [0.4, 0.5) is 5.69 Å². The fourth-order valence-electron chi connectivity index (χ4n) is 3.06. The van der Waals surface area contributed by atoms with E-state index in [0.29, 0.717) is 10.8 Å². The van der Waals surface area contributed by atoms with Crippen LogP contribution in [0.3, 0.4) is 0 Å². The van der Waals surface area contributed by atoms with Crippen molar-refractivity contribution in [2.45, 2.75) is 6.92 Å². The molecule has 0 bridgehead atoms. The lowest BCUT2D eigenvalue weighted by molar-refractivity contribution is -0.119. The minimum Gasteiger partial charge on any atom is -0.450 e. The summed E-state index contributed by atoms with van der Waals surface area (Å²) in [6, 6.07) is 22.0. The molecule has 1 amide bonds. The van der Waals surface area contributed by atoms with Crippen LogP contribution in [0.5, 0.6) is 0 Å². The van der Waals surface area contributed by atoms with Gasteiger partial charge < -0.3 is 10.1 Å². The van der Waals surface area contributed by atoms with Crippen LogP contribution in [0.1, 0.15) is 16.2 Å². The highest BCUT2D eigenvalue weighted by atomic mass is 35.5. The number of benzene rings is 3. The molecule has 0 radical (unpaired) electrons. The summed E-state index contributed by atoms with van der Waals surface area (Å²) in [7, 11) is 0. The lowest BCUT2D eigenvalue weighted by atomic mass is 10.2. The third kappa shape index (κ3) is 5.05. The van der Waals surface area contributed by atoms with Crippen LogP contribution >= 0.6 is 23.2 Å². The van der Waals surface area contributed by atoms with Gasteiger partial charge in [-0.2, -0.15) is 0 Å². The Labute approximate surface area is 199 Å². The molecule has 3 aromatic carbocycles. The van der Waals surface area contributed by atoms with E-state index in [9.17, 15) is 9.59 Å². The third-order valence-electron chi connectivity index (χ3n) is 4.71. The van der Waals surface area contributed by atoms with Crippen molar-refractivity contribution in [1.82, 2.24) is 14.8 Å². The quantitative estimate of drug-likeness (QED) is 0.376. The molecule has 4 rings (SSSR count). The highest BCUT2D eigenvalue weighted by Crippen LogP contribution is 2.32. The van der Waals surface area contributed by atoms with Gasteiger partial charge in [0.1, 0.15) is 0 Å². The lowest BCUT2D eigenvalue weighted by Gasteiger charge is -2.11. The number of aryl methyl sites for hydroxylation is 1. The molecule has 0 saturated carbocycles. The van der Waals surface area contributed by atoms with Gasteiger partial charge in [0.25, 0.3) is 11.7 Å². The van der Waals surface area contributed by atoms with Crippen LogP contribution in [0.25, 0.3) is 17.1 Å². The molecule has 166 valence electrons. The summed E-state index contributed by atoms with van der Waals surface area (Å²) in [5.74, 6) is -1.13. The number of anilines is 1. The van der Waals surface area contributed by atoms with Gasteiger partial charge in [0.05, 0.1) is 21.4 Å². The first kappa shape index (κ1) is 22.5. The molecule has 9 heteroatoms. The van der Waals surface area contributed by atoms with Crippen molar-refractivity contribution in [1.29, 1.82) is 0 Å². The van der Waals surface area contributed by atoms with Crippen molar-refractivity contribution in [2.24, 2.45) is 0 Å². The summed E-state index contributed by atoms with van der Waals surface area (Å²) in [5.41, 5.74) is 2.51. The van der Waals surface area contributed by atoms with Gasteiger partial charge in [-0.25, -0.2) is 14.5 Å². The van der Waals surface area contributed by atoms with Crippen LogP contribution in [-0.2, 0) is 9.53 Å². The molecule has 7 nitrogen and oxygen atoms in total. The van der Waals surface area contributed by atoms with E-state index in [0.717, 1.165) is 16.8 Å². The molecule has 0 atom stereocenters. The Balaban J connectivity index is 1.53. The standard InChI is InChI=1S/C24H18Cl2N4O3/c1-15-12-13-18(25)21(20(15)26)27-19(31)14-33-24(32)22-28-23(16-8-4-2-5-9-16)30(29-22)17-10-6-3-7-11-17/h2-13H,14H2,1H3,(H,27,31). The van der Waals surface area contributed by atoms with Crippen molar-refractivity contribution in [3.05, 3.63) is 94.2 Å². The number of halogens is 2. The first-order valence-corrected chi connectivity index (χ1v) is 10.7. The van der Waals surface area contributed by atoms with Crippen molar-refractivity contribution < 1.29 is 14.3 Å². The molecule has 0 aliphatic heterocycles. The number of hydrogen-bond acceptors (Lipinski definition) is 5. The fraction of sp³-hybridized carbons (Fsp3) is 0.0833. The number of aromatic nitrogens is 3. The average Bonchev–Trinajstić information content (AvgIpc) is 3.29. The molecule has 0 unspecified atom stereocenters. The summed E-state index contributed by atoms with van der Waals surface area (Å²) < 4.78 is 6.69. The van der Waals surface area contributed by atoms with Gasteiger partial charge in [-0.3, -0.25) is 4.79 Å². The first-order valence-electron chi connectivity index (χ1n) is 9.93. The Morgan fingerprint density at radius 1 is 0.970 bits per heavy atom. The van der Waals surface area contributed by atoms with Crippen LogP contribution in [0, 0.1) is 6.92 Å². The number of para-hydroxylation sites is 1. The monoisotopic (exact) mass is 480 g/mol. The molecule has 0 fully saturated rings. The number of ether oxygens (including phenoxy) is 1. The maximum absolute atomic E-state index is 12.6. The van der Waals surface area contributed by atoms with E-state index in [1.165, 1.54) is 0 Å². The molecule has 1 N–H and O–H groups in total. The highest BCUT2D eigenvalue weighted by Gasteiger charge is 2.21. The van der Waals surface area contributed by atoms with Crippen LogP contribution in [0.15, 0.2) is 72.8 Å². The molecule has 1 heterocycles. The summed E-state index contributed by atoms with van der Waals surface area (Å²) in [4.78, 5) is 29.3. The Morgan fingerprint density at radius 2 is 1.64 bits per heavy atom. The molecule has 33 heavy (non-hydrogen) atoms. The predicted molar refractivity (Wildman–Crippen MR) is 127 cm³/mol. The smallest absolute Gasteiger partial charge is 0.378 e. The molecule has 4 aromatic rings. The average molecular weight is 481 g/mol. The van der Waals surface area contributed by atoms with Crippen LogP contribution in [-0.4, -0.2) is 33.2 Å². The van der Waals surface area contributed by atoms with Gasteiger partial charge in [0, 0.05) is 5.56 Å². The van der Waals surface area contributed by atoms with Crippen molar-refractivity contribution in [3.8, 4) is 17.1 Å². The van der Waals surface area contributed by atoms with E-state index in [2.05, 4.69) is 15.4 Å². The van der Waals surface area contributed by atoms with Crippen molar-refractivity contribution >= 4 is 40.8 Å². The predicted octanol–water partition coefficient (Wildman–Crippen LogP) is 5.35. The second-order valence-corrected chi connectivity index (χ2v) is 7.84. The third-order valence-corrected chi connectivity index (χ3v) is 5.51. The molecular weight excluding hydrogens is 463 g/mol. The Morgan fingerprint density at radius 3 is 2.33 bits per heavy atom. The maximum Gasteiger partial charge on any atom is 0.378 e. The molecular formula is C24H18Cl2N4O3. The largest absolute Gasteiger partial charge is 0.450 e. The van der Waals surface area contributed by atoms with E-state index in [1.54, 1.807) is 23.7 Å². The van der Waals surface area contributed by atoms with Gasteiger partial charge in [-0.05, 0) is 30.7 Å². The van der Waals surface area contributed by atoms with Crippen LogP contribution in [0.2, 0.25) is 10.0 Å². The van der Waals surface area contributed by atoms with E-state index < -0.39 is 18.5 Å². The molecule has 1 aromatic heterocycles. The summed E-state index contributed by atoms with van der Waals surface area (Å²) >= 11 is 12.3. The van der Waals surface area contributed by atoms with Gasteiger partial charge in [-0.15, -0.1) is 5.10 Å². The topological polar surface area (TPSA) is 86.1 Å². The number of hydrogen-bond donors (Lipinski definition) is 1. The SMILES string of the molecule is Cc1ccc(Cl)c(NC(=O)COC(=O)c2nc(-c3ccccc3)n(-c3ccccc3)n2)c1Cl. The molecule has 0 spiro atoms. The van der Waals surface area contributed by atoms with Gasteiger partial charge >= 0.3 is 5.97 Å². The first-order chi connectivity index (χ1) is 15.9. The lowest BCUT2D eigenvalue weighted by Crippen LogP contribution is -2.22. The van der Waals surface area contributed by atoms with Crippen molar-refractivity contribution in [3.63, 3.8) is 0 Å². The second kappa shape index (κ2) is 9.85. The van der Waals surface area contributed by atoms with Crippen LogP contribution < -0.4 is 5.32 Å². The summed E-state index contributed by atoms with van der Waals surface area (Å²) in [6.45, 7) is 1.23. The number of esters is 1. The van der Waals surface area contributed by atoms with E-state index in [-0.39, 0.29) is 16.5 Å². The molecule has 0 aliphatic rings. The van der Waals surface area contributed by atoms with Gasteiger partial charge in [-0.1, -0.05) is 77.8 Å². The number of rotatable bonds is 6. The highest BCUT2D eigenvalue weighted by molar-refractivity contribution is 6.40. The Kier molecular flexibility index (Phi) is 6.72. The summed E-state index contributed by atoms with van der Waals surface area (Å²) in [5, 5.41) is 7.48. The summed E-state index contributed by atoms with van der Waals surface area (Å²) in [6.07, 6.45) is 0. The normalized spacial score (nSPS) is 10.6. The number of nitrogens with zero attached hydrogens (tertiary/aromatic N) is 3.